The van der Waals surface area contributed by atoms with Crippen LogP contribution in [0.25, 0.3) is 0 Å². The van der Waals surface area contributed by atoms with Crippen LogP contribution in [0.4, 0.5) is 0 Å². The molecule has 0 saturated carbocycles. The number of ether oxygens (including phenoxy) is 2. The van der Waals surface area contributed by atoms with E-state index in [0.29, 0.717) is 6.61 Å². The van der Waals surface area contributed by atoms with E-state index in [1.807, 2.05) is 0 Å². The minimum atomic E-state index is -0.0565. The zero-order valence-electron chi connectivity index (χ0n) is 11.2. The summed E-state index contributed by atoms with van der Waals surface area (Å²) in [6.45, 7) is 3.52. The Hall–Kier alpha value is -0.870. The minimum Gasteiger partial charge on any atom is -0.364 e. The molecule has 0 aliphatic carbocycles. The van der Waals surface area contributed by atoms with Gasteiger partial charge in [-0.05, 0) is 32.1 Å². The van der Waals surface area contributed by atoms with Gasteiger partial charge in [-0.3, -0.25) is 0 Å². The van der Waals surface area contributed by atoms with Crippen LogP contribution in [-0.2, 0) is 22.5 Å². The first-order chi connectivity index (χ1) is 8.90. The van der Waals surface area contributed by atoms with Crippen LogP contribution >= 0.6 is 0 Å². The molecule has 0 spiro atoms. The summed E-state index contributed by atoms with van der Waals surface area (Å²) >= 11 is 0. The highest BCUT2D eigenvalue weighted by Crippen LogP contribution is 2.17. The van der Waals surface area contributed by atoms with Crippen molar-refractivity contribution in [1.29, 1.82) is 0 Å². The predicted molar refractivity (Wildman–Crippen MR) is 68.1 cm³/mol. The average Bonchev–Trinajstić information content (AvgIpc) is 2.86. The van der Waals surface area contributed by atoms with Crippen molar-refractivity contribution in [3.63, 3.8) is 0 Å². The predicted octanol–water partition coefficient (Wildman–Crippen LogP) is 3.45. The topological polar surface area (TPSA) is 44.5 Å². The second-order valence-corrected chi connectivity index (χ2v) is 4.85. The molecule has 1 aliphatic rings. The van der Waals surface area contributed by atoms with Crippen LogP contribution in [-0.4, -0.2) is 18.1 Å². The van der Waals surface area contributed by atoms with Crippen molar-refractivity contribution < 1.29 is 14.0 Å². The van der Waals surface area contributed by atoms with Gasteiger partial charge in [0.15, 0.2) is 6.29 Å². The Balaban J connectivity index is 1.75. The molecule has 0 aromatic carbocycles. The zero-order valence-corrected chi connectivity index (χ0v) is 11.2. The van der Waals surface area contributed by atoms with Gasteiger partial charge in [-0.2, -0.15) is 0 Å². The summed E-state index contributed by atoms with van der Waals surface area (Å²) in [5.74, 6) is 0. The molecule has 2 rings (SSSR count). The van der Waals surface area contributed by atoms with Crippen LogP contribution in [0.5, 0.6) is 0 Å². The normalized spacial score (nSPS) is 20.2. The smallest absolute Gasteiger partial charge is 0.158 e. The summed E-state index contributed by atoms with van der Waals surface area (Å²) in [5.41, 5.74) is 2.11. The van der Waals surface area contributed by atoms with E-state index in [1.165, 1.54) is 31.2 Å². The van der Waals surface area contributed by atoms with E-state index in [-0.39, 0.29) is 6.29 Å². The molecule has 1 atom stereocenters. The first-order valence-electron chi connectivity index (χ1n) is 7.05. The van der Waals surface area contributed by atoms with Gasteiger partial charge in [-0.15, -0.1) is 0 Å². The molecule has 0 radical (unpaired) electrons. The summed E-state index contributed by atoms with van der Waals surface area (Å²) < 4.78 is 16.3. The molecule has 1 saturated heterocycles. The molecule has 4 heteroatoms. The molecule has 1 fully saturated rings. The number of nitrogens with zero attached hydrogens (tertiary/aromatic N) is 1. The Morgan fingerprint density at radius 3 is 3.11 bits per heavy atom. The second-order valence-electron chi connectivity index (χ2n) is 4.85. The monoisotopic (exact) mass is 253 g/mol. The summed E-state index contributed by atoms with van der Waals surface area (Å²) in [5, 5.41) is 4.02. The average molecular weight is 253 g/mol. The largest absolute Gasteiger partial charge is 0.364 e. The molecule has 0 bridgehead atoms. The Morgan fingerprint density at radius 2 is 2.33 bits per heavy atom. The Morgan fingerprint density at radius 1 is 1.39 bits per heavy atom. The van der Waals surface area contributed by atoms with E-state index in [9.17, 15) is 0 Å². The maximum atomic E-state index is 5.73. The number of aromatic nitrogens is 1. The van der Waals surface area contributed by atoms with Gasteiger partial charge in [0, 0.05) is 12.2 Å². The van der Waals surface area contributed by atoms with E-state index in [1.54, 1.807) is 6.26 Å². The Kier molecular flexibility index (Phi) is 5.68. The summed E-state index contributed by atoms with van der Waals surface area (Å²) in [7, 11) is 0. The van der Waals surface area contributed by atoms with Gasteiger partial charge in [-0.25, -0.2) is 0 Å². The van der Waals surface area contributed by atoms with Crippen LogP contribution in [0, 0.1) is 0 Å². The number of aryl methyl sites for hydroxylation is 1. The van der Waals surface area contributed by atoms with Gasteiger partial charge in [0.25, 0.3) is 0 Å². The highest BCUT2D eigenvalue weighted by atomic mass is 16.7. The van der Waals surface area contributed by atoms with Gasteiger partial charge >= 0.3 is 0 Å². The molecule has 0 N–H and O–H groups in total. The number of hydrogen-bond acceptors (Lipinski definition) is 4. The van der Waals surface area contributed by atoms with E-state index >= 15 is 0 Å². The molecular weight excluding hydrogens is 230 g/mol. The van der Waals surface area contributed by atoms with Crippen LogP contribution in [0.2, 0.25) is 0 Å². The summed E-state index contributed by atoms with van der Waals surface area (Å²) in [4.78, 5) is 0. The number of hydrogen-bond donors (Lipinski definition) is 0. The third kappa shape index (κ3) is 4.10. The van der Waals surface area contributed by atoms with Crippen LogP contribution in [0.1, 0.15) is 56.7 Å². The third-order valence-electron chi connectivity index (χ3n) is 3.32. The van der Waals surface area contributed by atoms with E-state index < -0.39 is 0 Å². The van der Waals surface area contributed by atoms with Crippen LogP contribution < -0.4 is 0 Å². The lowest BCUT2D eigenvalue weighted by atomic mass is 10.1. The summed E-state index contributed by atoms with van der Waals surface area (Å²) in [6, 6.07) is 0. The highest BCUT2D eigenvalue weighted by Gasteiger charge is 2.16. The van der Waals surface area contributed by atoms with Crippen molar-refractivity contribution in [1.82, 2.24) is 5.16 Å². The maximum Gasteiger partial charge on any atom is 0.158 e. The lowest BCUT2D eigenvalue weighted by Crippen LogP contribution is -2.22. The maximum absolute atomic E-state index is 5.73. The van der Waals surface area contributed by atoms with Crippen molar-refractivity contribution >= 4 is 0 Å². The van der Waals surface area contributed by atoms with Crippen molar-refractivity contribution in [2.75, 3.05) is 6.61 Å². The molecule has 1 aromatic rings. The van der Waals surface area contributed by atoms with E-state index in [4.69, 9.17) is 14.0 Å². The van der Waals surface area contributed by atoms with Crippen LogP contribution in [0.3, 0.4) is 0 Å². The SMILES string of the molecule is CCCCCc1conc1COC1CCCCO1. The Labute approximate surface area is 109 Å². The number of rotatable bonds is 7. The molecule has 1 aliphatic heterocycles. The molecule has 2 heterocycles. The second kappa shape index (κ2) is 7.54. The highest BCUT2D eigenvalue weighted by molar-refractivity contribution is 5.13. The number of unbranched alkanes of at least 4 members (excludes halogenated alkanes) is 2. The van der Waals surface area contributed by atoms with Crippen molar-refractivity contribution in [3.8, 4) is 0 Å². The molecule has 102 valence electrons. The van der Waals surface area contributed by atoms with Gasteiger partial charge in [0.1, 0.15) is 12.0 Å². The lowest BCUT2D eigenvalue weighted by Gasteiger charge is -2.22. The Bertz CT molecular complexity index is 332. The summed E-state index contributed by atoms with van der Waals surface area (Å²) in [6.07, 6.45) is 9.70. The first kappa shape index (κ1) is 13.6. The fourth-order valence-corrected chi connectivity index (χ4v) is 2.18. The molecule has 1 aromatic heterocycles. The lowest BCUT2D eigenvalue weighted by molar-refractivity contribution is -0.169. The van der Waals surface area contributed by atoms with Gasteiger partial charge in [-0.1, -0.05) is 24.9 Å². The molecule has 1 unspecified atom stereocenters. The van der Waals surface area contributed by atoms with Crippen molar-refractivity contribution in [2.24, 2.45) is 0 Å². The van der Waals surface area contributed by atoms with Crippen molar-refractivity contribution in [2.45, 2.75) is 64.8 Å². The van der Waals surface area contributed by atoms with Gasteiger partial charge in [0.2, 0.25) is 0 Å². The van der Waals surface area contributed by atoms with E-state index in [2.05, 4.69) is 12.1 Å². The minimum absolute atomic E-state index is 0.0565. The molecule has 4 nitrogen and oxygen atoms in total. The quantitative estimate of drug-likeness (QED) is 0.698. The van der Waals surface area contributed by atoms with Gasteiger partial charge in [0.05, 0.1) is 6.61 Å². The first-order valence-corrected chi connectivity index (χ1v) is 7.05. The fourth-order valence-electron chi connectivity index (χ4n) is 2.18. The molecular formula is C14H23NO3. The van der Waals surface area contributed by atoms with Gasteiger partial charge < -0.3 is 14.0 Å². The molecule has 0 amide bonds. The zero-order chi connectivity index (χ0) is 12.6. The van der Waals surface area contributed by atoms with Crippen LogP contribution in [0.15, 0.2) is 10.8 Å². The van der Waals surface area contributed by atoms with E-state index in [0.717, 1.165) is 31.6 Å². The molecule has 18 heavy (non-hydrogen) atoms. The van der Waals surface area contributed by atoms with Crippen molar-refractivity contribution in [3.05, 3.63) is 17.5 Å². The fraction of sp³-hybridized carbons (Fsp3) is 0.786. The third-order valence-corrected chi connectivity index (χ3v) is 3.32. The standard InChI is InChI=1S/C14H23NO3/c1-2-3-4-7-12-10-18-15-13(12)11-17-14-8-5-6-9-16-14/h10,14H,2-9,11H2,1H3.